The van der Waals surface area contributed by atoms with Gasteiger partial charge in [0.1, 0.15) is 11.2 Å². The molecule has 0 atom stereocenters. The van der Waals surface area contributed by atoms with E-state index in [0.717, 1.165) is 22.3 Å². The molecule has 5 nitrogen and oxygen atoms in total. The van der Waals surface area contributed by atoms with E-state index in [1.807, 2.05) is 31.2 Å². The van der Waals surface area contributed by atoms with Crippen molar-refractivity contribution < 1.29 is 0 Å². The first kappa shape index (κ1) is 9.77. The molecule has 0 saturated heterocycles. The number of imidazole rings is 1. The van der Waals surface area contributed by atoms with Crippen molar-refractivity contribution in [2.75, 3.05) is 5.73 Å². The minimum Gasteiger partial charge on any atom is -0.368 e. The number of nitrogens with one attached hydrogen (secondary N) is 1. The summed E-state index contributed by atoms with van der Waals surface area (Å²) in [5.74, 6) is 0.239. The second-order valence-corrected chi connectivity index (χ2v) is 3.85. The van der Waals surface area contributed by atoms with Crippen molar-refractivity contribution in [1.29, 1.82) is 0 Å². The summed E-state index contributed by atoms with van der Waals surface area (Å²) in [6.45, 7) is 2.04. The number of anilines is 1. The van der Waals surface area contributed by atoms with Gasteiger partial charge in [-0.05, 0) is 12.5 Å². The van der Waals surface area contributed by atoms with E-state index in [1.54, 1.807) is 6.33 Å². The quantitative estimate of drug-likeness (QED) is 0.663. The van der Waals surface area contributed by atoms with E-state index in [9.17, 15) is 0 Å². The number of nitrogen functional groups attached to an aromatic ring is 1. The summed E-state index contributed by atoms with van der Waals surface area (Å²) in [4.78, 5) is 15.5. The van der Waals surface area contributed by atoms with Crippen LogP contribution in [0.15, 0.2) is 30.6 Å². The summed E-state index contributed by atoms with van der Waals surface area (Å²) in [7, 11) is 0. The van der Waals surface area contributed by atoms with Gasteiger partial charge in [0.25, 0.3) is 0 Å². The predicted molar refractivity (Wildman–Crippen MR) is 66.3 cm³/mol. The highest BCUT2D eigenvalue weighted by molar-refractivity contribution is 5.88. The fourth-order valence-electron chi connectivity index (χ4n) is 1.88. The summed E-state index contributed by atoms with van der Waals surface area (Å²) >= 11 is 0. The average Bonchev–Trinajstić information content (AvgIpc) is 2.76. The van der Waals surface area contributed by atoms with Gasteiger partial charge in [-0.15, -0.1) is 0 Å². The van der Waals surface area contributed by atoms with Crippen LogP contribution in [0.1, 0.15) is 5.56 Å². The predicted octanol–water partition coefficient (Wildman–Crippen LogP) is 1.91. The molecule has 0 spiro atoms. The molecule has 1 aromatic carbocycles. The molecule has 17 heavy (non-hydrogen) atoms. The Hall–Kier alpha value is -2.43. The largest absolute Gasteiger partial charge is 0.368 e. The van der Waals surface area contributed by atoms with Crippen LogP contribution in [-0.4, -0.2) is 19.9 Å². The molecule has 5 heteroatoms. The van der Waals surface area contributed by atoms with Crippen LogP contribution >= 0.6 is 0 Å². The Balaban J connectivity index is 2.37. The molecule has 84 valence electrons. The van der Waals surface area contributed by atoms with Gasteiger partial charge in [0.15, 0.2) is 5.65 Å². The van der Waals surface area contributed by atoms with Crippen molar-refractivity contribution in [2.45, 2.75) is 6.92 Å². The Kier molecular flexibility index (Phi) is 2.04. The number of nitrogens with zero attached hydrogens (tertiary/aromatic N) is 3. The Morgan fingerprint density at radius 1 is 1.18 bits per heavy atom. The third-order valence-corrected chi connectivity index (χ3v) is 2.70. The lowest BCUT2D eigenvalue weighted by Crippen LogP contribution is -1.98. The van der Waals surface area contributed by atoms with Crippen molar-refractivity contribution in [3.63, 3.8) is 0 Å². The first-order valence-corrected chi connectivity index (χ1v) is 5.28. The number of aryl methyl sites for hydroxylation is 1. The van der Waals surface area contributed by atoms with Crippen molar-refractivity contribution in [3.8, 4) is 11.3 Å². The van der Waals surface area contributed by atoms with E-state index in [-0.39, 0.29) is 5.95 Å². The molecule has 0 amide bonds. The maximum atomic E-state index is 5.70. The molecule has 0 unspecified atom stereocenters. The zero-order valence-corrected chi connectivity index (χ0v) is 9.31. The molecule has 0 bridgehead atoms. The van der Waals surface area contributed by atoms with Gasteiger partial charge >= 0.3 is 0 Å². The maximum absolute atomic E-state index is 5.70. The van der Waals surface area contributed by atoms with Crippen LogP contribution in [-0.2, 0) is 0 Å². The molecule has 0 radical (unpaired) electrons. The monoisotopic (exact) mass is 225 g/mol. The summed E-state index contributed by atoms with van der Waals surface area (Å²) in [5, 5.41) is 0. The second-order valence-electron chi connectivity index (χ2n) is 3.85. The molecule has 3 N–H and O–H groups in total. The normalized spacial score (nSPS) is 10.9. The van der Waals surface area contributed by atoms with E-state index in [4.69, 9.17) is 5.73 Å². The zero-order valence-electron chi connectivity index (χ0n) is 9.31. The molecule has 0 aliphatic rings. The molecule has 0 aliphatic heterocycles. The number of aromatic amines is 1. The van der Waals surface area contributed by atoms with Gasteiger partial charge in [0.2, 0.25) is 5.95 Å². The van der Waals surface area contributed by atoms with Gasteiger partial charge in [0, 0.05) is 5.56 Å². The molecule has 3 aromatic rings. The van der Waals surface area contributed by atoms with Crippen molar-refractivity contribution in [3.05, 3.63) is 36.2 Å². The van der Waals surface area contributed by atoms with E-state index in [2.05, 4.69) is 19.9 Å². The van der Waals surface area contributed by atoms with Gasteiger partial charge in [-0.2, -0.15) is 4.98 Å². The summed E-state index contributed by atoms with van der Waals surface area (Å²) in [6, 6.07) is 8.02. The number of aromatic nitrogens is 4. The van der Waals surface area contributed by atoms with Crippen LogP contribution in [0, 0.1) is 6.92 Å². The minimum absolute atomic E-state index is 0.239. The van der Waals surface area contributed by atoms with Crippen LogP contribution < -0.4 is 5.73 Å². The molecule has 0 fully saturated rings. The van der Waals surface area contributed by atoms with Crippen LogP contribution in [0.2, 0.25) is 0 Å². The van der Waals surface area contributed by atoms with Crippen molar-refractivity contribution in [1.82, 2.24) is 19.9 Å². The van der Waals surface area contributed by atoms with Gasteiger partial charge in [-0.25, -0.2) is 9.97 Å². The maximum Gasteiger partial charge on any atom is 0.222 e. The number of fused-ring (bicyclic) bond motifs is 1. The molecule has 2 heterocycles. The Morgan fingerprint density at radius 2 is 2.00 bits per heavy atom. The first-order valence-electron chi connectivity index (χ1n) is 5.28. The number of nitrogens with two attached hydrogens (primary N) is 1. The first-order chi connectivity index (χ1) is 8.25. The lowest BCUT2D eigenvalue weighted by Gasteiger charge is -2.06. The number of benzene rings is 1. The third kappa shape index (κ3) is 1.52. The summed E-state index contributed by atoms with van der Waals surface area (Å²) < 4.78 is 0. The van der Waals surface area contributed by atoms with E-state index in [1.165, 1.54) is 0 Å². The summed E-state index contributed by atoms with van der Waals surface area (Å²) in [5.41, 5.74) is 10.1. The van der Waals surface area contributed by atoms with Crippen molar-refractivity contribution >= 4 is 17.1 Å². The van der Waals surface area contributed by atoms with E-state index >= 15 is 0 Å². The highest BCUT2D eigenvalue weighted by Gasteiger charge is 2.11. The summed E-state index contributed by atoms with van der Waals surface area (Å²) in [6.07, 6.45) is 1.60. The smallest absolute Gasteiger partial charge is 0.222 e. The van der Waals surface area contributed by atoms with Gasteiger partial charge in [0.05, 0.1) is 6.33 Å². The molecule has 3 rings (SSSR count). The molecule has 0 aliphatic carbocycles. The van der Waals surface area contributed by atoms with Crippen LogP contribution in [0.4, 0.5) is 5.95 Å². The van der Waals surface area contributed by atoms with Gasteiger partial charge in [-0.3, -0.25) is 0 Å². The van der Waals surface area contributed by atoms with Crippen LogP contribution in [0.3, 0.4) is 0 Å². The molecule has 0 saturated carbocycles. The average molecular weight is 225 g/mol. The van der Waals surface area contributed by atoms with Gasteiger partial charge < -0.3 is 10.7 Å². The standard InChI is InChI=1S/C12H11N5/c1-7-4-2-3-5-8(7)9-10-11(15-6-14-10)17-12(13)16-9/h2-6H,1H3,(H3,13,14,15,16,17). The highest BCUT2D eigenvalue weighted by Crippen LogP contribution is 2.26. The fraction of sp³-hybridized carbons (Fsp3) is 0.0833. The van der Waals surface area contributed by atoms with Gasteiger partial charge in [-0.1, -0.05) is 24.3 Å². The third-order valence-electron chi connectivity index (χ3n) is 2.70. The Bertz CT molecular complexity index is 686. The zero-order chi connectivity index (χ0) is 11.8. The van der Waals surface area contributed by atoms with E-state index in [0.29, 0.717) is 5.65 Å². The Morgan fingerprint density at radius 3 is 2.82 bits per heavy atom. The lowest BCUT2D eigenvalue weighted by atomic mass is 10.1. The second kappa shape index (κ2) is 3.55. The SMILES string of the molecule is Cc1ccccc1-c1nc(N)nc2nc[nH]c12. The van der Waals surface area contributed by atoms with Crippen LogP contribution in [0.25, 0.3) is 22.4 Å². The lowest BCUT2D eigenvalue weighted by molar-refractivity contribution is 1.21. The van der Waals surface area contributed by atoms with Crippen LogP contribution in [0.5, 0.6) is 0 Å². The number of hydrogen-bond acceptors (Lipinski definition) is 4. The number of rotatable bonds is 1. The number of hydrogen-bond donors (Lipinski definition) is 2. The van der Waals surface area contributed by atoms with Crippen molar-refractivity contribution in [2.24, 2.45) is 0 Å². The number of H-pyrrole nitrogens is 1. The molecule has 2 aromatic heterocycles. The molecular formula is C12H11N5. The molecular weight excluding hydrogens is 214 g/mol. The topological polar surface area (TPSA) is 80.5 Å². The van der Waals surface area contributed by atoms with E-state index < -0.39 is 0 Å². The fourth-order valence-corrected chi connectivity index (χ4v) is 1.88. The Labute approximate surface area is 97.7 Å². The minimum atomic E-state index is 0.239. The highest BCUT2D eigenvalue weighted by atomic mass is 15.1.